The summed E-state index contributed by atoms with van der Waals surface area (Å²) in [4.78, 5) is 74.8. The first-order chi connectivity index (χ1) is 33.7. The van der Waals surface area contributed by atoms with Gasteiger partial charge in [-0.2, -0.15) is 4.98 Å². The van der Waals surface area contributed by atoms with Crippen LogP contribution in [0.15, 0.2) is 89.4 Å². The van der Waals surface area contributed by atoms with Gasteiger partial charge in [0.1, 0.15) is 28.9 Å². The standard InChI is InChI=1S/C51H66N12O6S2/c1-32-26-54-49(59-46(32)56-37-10-9-11-40(24-37)71(69)60-51(6,7)8)57-36-16-18-38(19-17-36)62-22-20-61(21-23-62)30-43(66)52-28-42(65)58-45(50(3,4)5)48(68)63-29-39(64)25-41(63)47(67)53-27-34-12-14-35(15-13-34)44-33(2)55-31-70-44/h9-19,24,26,31,39,41,45,60,64H,20-23,25,27-30H2,1-8H3,(H,52,66)(H,53,67)(H,58,65)(H2,54,56,57,59)/t39-,41?,45?,71?/m1/s1. The number of thiazole rings is 1. The van der Waals surface area contributed by atoms with Crippen molar-refractivity contribution in [3.63, 3.8) is 0 Å². The Labute approximate surface area is 422 Å². The predicted molar refractivity (Wildman–Crippen MR) is 279 cm³/mol. The van der Waals surface area contributed by atoms with Gasteiger partial charge in [0.25, 0.3) is 0 Å². The molecule has 2 aromatic heterocycles. The first-order valence-corrected chi connectivity index (χ1v) is 25.8. The van der Waals surface area contributed by atoms with E-state index >= 15 is 0 Å². The number of carbonyl (C=O) groups is 4. The average molecular weight is 1010 g/mol. The van der Waals surface area contributed by atoms with Gasteiger partial charge < -0.3 is 41.5 Å². The highest BCUT2D eigenvalue weighted by molar-refractivity contribution is 7.83. The average Bonchev–Trinajstić information content (AvgIpc) is 3.95. The highest BCUT2D eigenvalue weighted by Crippen LogP contribution is 2.29. The zero-order chi connectivity index (χ0) is 51.0. The lowest BCUT2D eigenvalue weighted by Gasteiger charge is -2.36. The van der Waals surface area contributed by atoms with Gasteiger partial charge in [0.15, 0.2) is 0 Å². The van der Waals surface area contributed by atoms with Gasteiger partial charge in [-0.25, -0.2) is 18.9 Å². The maximum Gasteiger partial charge on any atom is 0.246 e. The number of hydrogen-bond acceptors (Lipinski definition) is 14. The van der Waals surface area contributed by atoms with Crippen LogP contribution in [-0.4, -0.2) is 127 Å². The number of aliphatic hydroxyl groups is 1. The van der Waals surface area contributed by atoms with Gasteiger partial charge in [0, 0.05) is 80.1 Å². The molecule has 378 valence electrons. The quantitative estimate of drug-likeness (QED) is 0.0640. The number of likely N-dealkylation sites (tertiary alicyclic amines) is 1. The number of amides is 4. The molecule has 0 aliphatic carbocycles. The number of rotatable bonds is 17. The Hall–Kier alpha value is -6.32. The molecule has 0 saturated carbocycles. The molecule has 0 bridgehead atoms. The van der Waals surface area contributed by atoms with E-state index in [1.54, 1.807) is 17.5 Å². The molecule has 4 heterocycles. The van der Waals surface area contributed by atoms with Crippen LogP contribution in [0.25, 0.3) is 10.4 Å². The number of benzene rings is 3. The Morgan fingerprint density at radius 3 is 2.24 bits per heavy atom. The van der Waals surface area contributed by atoms with Crippen LogP contribution in [0.4, 0.5) is 28.8 Å². The Morgan fingerprint density at radius 2 is 1.58 bits per heavy atom. The van der Waals surface area contributed by atoms with E-state index in [-0.39, 0.29) is 44.0 Å². The molecule has 7 N–H and O–H groups in total. The van der Waals surface area contributed by atoms with Gasteiger partial charge in [-0.15, -0.1) is 11.3 Å². The number of piperazine rings is 1. The number of nitrogens with one attached hydrogen (secondary N) is 6. The lowest BCUT2D eigenvalue weighted by Crippen LogP contribution is -2.59. The molecule has 18 nitrogen and oxygen atoms in total. The van der Waals surface area contributed by atoms with Crippen LogP contribution >= 0.6 is 11.3 Å². The molecule has 2 aliphatic rings. The second-order valence-electron chi connectivity index (χ2n) is 20.2. The van der Waals surface area contributed by atoms with Gasteiger partial charge in [-0.05, 0) is 93.6 Å². The van der Waals surface area contributed by atoms with Crippen molar-refractivity contribution in [2.24, 2.45) is 5.41 Å². The summed E-state index contributed by atoms with van der Waals surface area (Å²) in [5, 5.41) is 25.7. The van der Waals surface area contributed by atoms with E-state index in [1.807, 2.05) is 139 Å². The number of carbonyl (C=O) groups excluding carboxylic acids is 4. The summed E-state index contributed by atoms with van der Waals surface area (Å²) in [6, 6.07) is 21.3. The first kappa shape index (κ1) is 52.5. The van der Waals surface area contributed by atoms with Crippen molar-refractivity contribution < 1.29 is 28.5 Å². The molecule has 4 amide bonds. The minimum atomic E-state index is -1.37. The number of aliphatic hydroxyl groups excluding tert-OH is 1. The molecule has 2 fully saturated rings. The largest absolute Gasteiger partial charge is 0.391 e. The third kappa shape index (κ3) is 14.4. The third-order valence-corrected chi connectivity index (χ3v) is 14.5. The van der Waals surface area contributed by atoms with Gasteiger partial charge in [0.2, 0.25) is 29.6 Å². The fourth-order valence-electron chi connectivity index (χ4n) is 8.27. The summed E-state index contributed by atoms with van der Waals surface area (Å²) in [6.07, 6.45) is 0.917. The van der Waals surface area contributed by atoms with E-state index in [0.717, 1.165) is 44.3 Å². The number of anilines is 5. The van der Waals surface area contributed by atoms with E-state index in [9.17, 15) is 28.5 Å². The van der Waals surface area contributed by atoms with E-state index < -0.39 is 52.3 Å². The van der Waals surface area contributed by atoms with Crippen LogP contribution in [0.2, 0.25) is 0 Å². The summed E-state index contributed by atoms with van der Waals surface area (Å²) in [5.74, 6) is -0.681. The molecule has 4 atom stereocenters. The van der Waals surface area contributed by atoms with Gasteiger partial charge >= 0.3 is 0 Å². The van der Waals surface area contributed by atoms with E-state index in [0.29, 0.717) is 42.8 Å². The molecule has 2 aliphatic heterocycles. The lowest BCUT2D eigenvalue weighted by molar-refractivity contribution is -0.144. The van der Waals surface area contributed by atoms with Crippen molar-refractivity contribution in [1.29, 1.82) is 0 Å². The minimum absolute atomic E-state index is 0.0436. The molecule has 20 heteroatoms. The number of β-amino-alcohol motifs (C(OH)–C–C–N with tert-alkyl or cyclic N) is 1. The van der Waals surface area contributed by atoms with Crippen LogP contribution < -0.4 is 36.2 Å². The normalized spacial score (nSPS) is 17.3. The molecule has 3 aromatic carbocycles. The summed E-state index contributed by atoms with van der Waals surface area (Å²) >= 11 is 1.57. The van der Waals surface area contributed by atoms with Gasteiger partial charge in [0.05, 0.1) is 40.2 Å². The SMILES string of the molecule is Cc1cnc(Nc2ccc(N3CCN(CC(=O)NCC(=O)NC(C(=O)N4C[C@H](O)CC4C(=O)NCc4ccc(-c5scnc5C)cc4)C(C)(C)C)CC3)cc2)nc1Nc1cccc(S(=O)NC(C)(C)C)c1. The molecule has 0 spiro atoms. The van der Waals surface area contributed by atoms with Gasteiger partial charge in [-0.1, -0.05) is 51.1 Å². The van der Waals surface area contributed by atoms with Crippen molar-refractivity contribution in [3.8, 4) is 10.4 Å². The zero-order valence-electron chi connectivity index (χ0n) is 41.7. The molecule has 71 heavy (non-hydrogen) atoms. The van der Waals surface area contributed by atoms with Crippen molar-refractivity contribution >= 4 is 74.8 Å². The summed E-state index contributed by atoms with van der Waals surface area (Å²) in [5.41, 5.74) is 7.07. The zero-order valence-corrected chi connectivity index (χ0v) is 43.3. The van der Waals surface area contributed by atoms with E-state index in [1.165, 1.54) is 4.90 Å². The predicted octanol–water partition coefficient (Wildman–Crippen LogP) is 5.16. The molecular weight excluding hydrogens is 941 g/mol. The van der Waals surface area contributed by atoms with Crippen molar-refractivity contribution in [2.45, 2.75) is 97.0 Å². The van der Waals surface area contributed by atoms with Crippen molar-refractivity contribution in [3.05, 3.63) is 101 Å². The minimum Gasteiger partial charge on any atom is -0.391 e. The monoisotopic (exact) mass is 1010 g/mol. The molecule has 3 unspecified atom stereocenters. The Balaban J connectivity index is 0.843. The van der Waals surface area contributed by atoms with Crippen LogP contribution in [0.1, 0.15) is 64.8 Å². The fourth-order valence-corrected chi connectivity index (χ4v) is 10.2. The van der Waals surface area contributed by atoms with Crippen LogP contribution in [0, 0.1) is 19.3 Å². The first-order valence-electron chi connectivity index (χ1n) is 23.8. The van der Waals surface area contributed by atoms with Crippen LogP contribution in [-0.2, 0) is 36.7 Å². The smallest absolute Gasteiger partial charge is 0.246 e. The molecule has 2 saturated heterocycles. The van der Waals surface area contributed by atoms with Crippen LogP contribution in [0.3, 0.4) is 0 Å². The second-order valence-corrected chi connectivity index (χ2v) is 22.2. The molecular formula is C51H66N12O6S2. The molecule has 7 rings (SSSR count). The lowest BCUT2D eigenvalue weighted by atomic mass is 9.85. The van der Waals surface area contributed by atoms with Crippen molar-refractivity contribution in [2.75, 3.05) is 61.3 Å². The summed E-state index contributed by atoms with van der Waals surface area (Å²) in [7, 11) is -1.37. The van der Waals surface area contributed by atoms with Gasteiger partial charge in [-0.3, -0.25) is 24.1 Å². The van der Waals surface area contributed by atoms with Crippen LogP contribution in [0.5, 0.6) is 0 Å². The summed E-state index contributed by atoms with van der Waals surface area (Å²) in [6.45, 7) is 17.9. The van der Waals surface area contributed by atoms with Crippen molar-refractivity contribution in [1.82, 2.24) is 45.4 Å². The molecule has 0 radical (unpaired) electrons. The number of nitrogens with zero attached hydrogens (tertiary/aromatic N) is 6. The fraction of sp³-hybridized carbons (Fsp3) is 0.431. The Morgan fingerprint density at radius 1 is 0.859 bits per heavy atom. The maximum absolute atomic E-state index is 14.1. The Bertz CT molecular complexity index is 2700. The maximum atomic E-state index is 14.1. The number of hydrogen-bond donors (Lipinski definition) is 7. The van der Waals surface area contributed by atoms with E-state index in [2.05, 4.69) is 46.2 Å². The van der Waals surface area contributed by atoms with E-state index in [4.69, 9.17) is 4.98 Å². The number of aromatic nitrogens is 3. The highest BCUT2D eigenvalue weighted by atomic mass is 32.2. The summed E-state index contributed by atoms with van der Waals surface area (Å²) < 4.78 is 16.0. The third-order valence-electron chi connectivity index (χ3n) is 12.1. The highest BCUT2D eigenvalue weighted by Gasteiger charge is 2.44. The molecule has 5 aromatic rings. The number of aryl methyl sites for hydroxylation is 2. The second kappa shape index (κ2) is 22.8. The topological polar surface area (TPSA) is 226 Å². The Kier molecular flexibility index (Phi) is 16.9.